The topological polar surface area (TPSA) is 104 Å². The molecule has 1 amide bonds. The van der Waals surface area contributed by atoms with E-state index in [4.69, 9.17) is 0 Å². The maximum atomic E-state index is 13.2. The van der Waals surface area contributed by atoms with Gasteiger partial charge in [-0.25, -0.2) is 16.8 Å². The van der Waals surface area contributed by atoms with Crippen LogP contribution in [0.15, 0.2) is 47.4 Å². The highest BCUT2D eigenvalue weighted by Crippen LogP contribution is 2.35. The summed E-state index contributed by atoms with van der Waals surface area (Å²) < 4.78 is 53.4. The van der Waals surface area contributed by atoms with Crippen molar-refractivity contribution in [2.45, 2.75) is 43.5 Å². The van der Waals surface area contributed by atoms with E-state index >= 15 is 0 Å². The largest absolute Gasteiger partial charge is 0.321 e. The van der Waals surface area contributed by atoms with Gasteiger partial charge in [-0.3, -0.25) is 9.10 Å². The van der Waals surface area contributed by atoms with Gasteiger partial charge < -0.3 is 5.32 Å². The Morgan fingerprint density at radius 2 is 1.69 bits per heavy atom. The van der Waals surface area contributed by atoms with Gasteiger partial charge in [0, 0.05) is 24.7 Å². The maximum Gasteiger partial charge on any atom is 0.255 e. The van der Waals surface area contributed by atoms with Gasteiger partial charge in [-0.2, -0.15) is 4.31 Å². The molecule has 2 heterocycles. The molecule has 1 unspecified atom stereocenters. The first-order valence-corrected chi connectivity index (χ1v) is 13.9. The van der Waals surface area contributed by atoms with Crippen molar-refractivity contribution >= 4 is 37.3 Å². The SMILES string of the molecule is CC1Cc2cc(C(=O)Nc3ccccc3S(=O)(=O)N3CCCCC3)ccc2N1S(C)(=O)=O. The zero-order valence-corrected chi connectivity index (χ0v) is 19.7. The van der Waals surface area contributed by atoms with Crippen LogP contribution in [0, 0.1) is 0 Å². The normalized spacial score (nSPS) is 19.6. The van der Waals surface area contributed by atoms with E-state index in [-0.39, 0.29) is 16.6 Å². The van der Waals surface area contributed by atoms with Crippen LogP contribution >= 0.6 is 0 Å². The Morgan fingerprint density at radius 1 is 1.00 bits per heavy atom. The second-order valence-electron chi connectivity index (χ2n) is 8.37. The van der Waals surface area contributed by atoms with Crippen LogP contribution in [0.4, 0.5) is 11.4 Å². The summed E-state index contributed by atoms with van der Waals surface area (Å²) in [6.45, 7) is 2.78. The third-order valence-electron chi connectivity index (χ3n) is 5.92. The van der Waals surface area contributed by atoms with Gasteiger partial charge in [-0.1, -0.05) is 18.6 Å². The van der Waals surface area contributed by atoms with Gasteiger partial charge in [0.15, 0.2) is 0 Å². The molecular weight excluding hydrogens is 450 g/mol. The zero-order valence-electron chi connectivity index (χ0n) is 18.1. The van der Waals surface area contributed by atoms with Crippen LogP contribution < -0.4 is 9.62 Å². The van der Waals surface area contributed by atoms with Crippen molar-refractivity contribution in [2.24, 2.45) is 0 Å². The molecule has 2 aliphatic rings. The lowest BCUT2D eigenvalue weighted by molar-refractivity contribution is 0.102. The van der Waals surface area contributed by atoms with Crippen molar-refractivity contribution < 1.29 is 21.6 Å². The van der Waals surface area contributed by atoms with E-state index in [1.165, 1.54) is 20.9 Å². The molecule has 1 saturated heterocycles. The van der Waals surface area contributed by atoms with E-state index < -0.39 is 26.0 Å². The molecule has 2 aromatic rings. The molecule has 0 aromatic heterocycles. The third kappa shape index (κ3) is 4.26. The highest BCUT2D eigenvalue weighted by atomic mass is 32.2. The smallest absolute Gasteiger partial charge is 0.255 e. The molecule has 0 saturated carbocycles. The average molecular weight is 478 g/mol. The van der Waals surface area contributed by atoms with Crippen LogP contribution in [0.2, 0.25) is 0 Å². The summed E-state index contributed by atoms with van der Waals surface area (Å²) in [5.74, 6) is -0.445. The molecule has 0 spiro atoms. The van der Waals surface area contributed by atoms with Gasteiger partial charge in [0.05, 0.1) is 17.6 Å². The highest BCUT2D eigenvalue weighted by molar-refractivity contribution is 7.92. The van der Waals surface area contributed by atoms with Crippen LogP contribution in [-0.2, 0) is 26.5 Å². The summed E-state index contributed by atoms with van der Waals surface area (Å²) in [6, 6.07) is 11.0. The summed E-state index contributed by atoms with van der Waals surface area (Å²) in [4.78, 5) is 13.1. The summed E-state index contributed by atoms with van der Waals surface area (Å²) in [6.07, 6.45) is 4.33. The predicted octanol–water partition coefficient (Wildman–Crippen LogP) is 2.82. The molecule has 1 fully saturated rings. The standard InChI is InChI=1S/C22H27N3O5S2/c1-16-14-18-15-17(10-11-20(18)25(16)31(2,27)28)22(26)23-19-8-4-5-9-21(19)32(29,30)24-12-6-3-7-13-24/h4-5,8-11,15-16H,3,6-7,12-14H2,1-2H3,(H,23,26). The zero-order chi connectivity index (χ0) is 23.1. The number of anilines is 2. The third-order valence-corrected chi connectivity index (χ3v) is 9.15. The van der Waals surface area contributed by atoms with Crippen LogP contribution in [0.25, 0.3) is 0 Å². The van der Waals surface area contributed by atoms with Crippen molar-refractivity contribution in [1.82, 2.24) is 4.31 Å². The number of nitrogens with one attached hydrogen (secondary N) is 1. The lowest BCUT2D eigenvalue weighted by Gasteiger charge is -2.26. The van der Waals surface area contributed by atoms with Gasteiger partial charge >= 0.3 is 0 Å². The minimum absolute atomic E-state index is 0.0771. The van der Waals surface area contributed by atoms with E-state index in [1.807, 2.05) is 6.92 Å². The first kappa shape index (κ1) is 22.8. The van der Waals surface area contributed by atoms with Crippen LogP contribution in [-0.4, -0.2) is 52.4 Å². The summed E-state index contributed by atoms with van der Waals surface area (Å²) in [5.41, 5.74) is 1.92. The first-order chi connectivity index (χ1) is 15.1. The number of para-hydroxylation sites is 1. The molecule has 1 atom stereocenters. The fourth-order valence-corrected chi connectivity index (χ4v) is 7.41. The molecule has 2 aromatic carbocycles. The summed E-state index contributed by atoms with van der Waals surface area (Å²) >= 11 is 0. The van der Waals surface area contributed by atoms with Gasteiger partial charge in [0.25, 0.3) is 5.91 Å². The monoisotopic (exact) mass is 477 g/mol. The van der Waals surface area contributed by atoms with Gasteiger partial charge in [-0.15, -0.1) is 0 Å². The minimum atomic E-state index is -3.72. The lowest BCUT2D eigenvalue weighted by atomic mass is 10.1. The quantitative estimate of drug-likeness (QED) is 0.713. The summed E-state index contributed by atoms with van der Waals surface area (Å²) in [7, 11) is -7.13. The number of piperidine rings is 1. The number of carbonyl (C=O) groups is 1. The molecule has 172 valence electrons. The number of sulfonamides is 2. The van der Waals surface area contributed by atoms with Crippen LogP contribution in [0.3, 0.4) is 0 Å². The Bertz CT molecular complexity index is 1250. The van der Waals surface area contributed by atoms with Crippen LogP contribution in [0.1, 0.15) is 42.1 Å². The van der Waals surface area contributed by atoms with Crippen molar-refractivity contribution in [3.63, 3.8) is 0 Å². The molecule has 2 aliphatic heterocycles. The van der Waals surface area contributed by atoms with E-state index in [0.717, 1.165) is 24.8 Å². The predicted molar refractivity (Wildman–Crippen MR) is 124 cm³/mol. The molecule has 4 rings (SSSR count). The molecule has 0 radical (unpaired) electrons. The molecule has 0 aliphatic carbocycles. The Balaban J connectivity index is 1.61. The second-order valence-corrected chi connectivity index (χ2v) is 12.1. The summed E-state index contributed by atoms with van der Waals surface area (Å²) in [5, 5.41) is 2.74. The van der Waals surface area contributed by atoms with E-state index in [0.29, 0.717) is 30.8 Å². The Hall–Kier alpha value is -2.43. The molecule has 8 nitrogen and oxygen atoms in total. The number of hydrogen-bond acceptors (Lipinski definition) is 5. The van der Waals surface area contributed by atoms with Gasteiger partial charge in [-0.05, 0) is 62.1 Å². The number of rotatable bonds is 5. The van der Waals surface area contributed by atoms with E-state index in [1.54, 1.807) is 36.4 Å². The van der Waals surface area contributed by atoms with Gasteiger partial charge in [0.1, 0.15) is 4.90 Å². The minimum Gasteiger partial charge on any atom is -0.321 e. The van der Waals surface area contributed by atoms with Crippen LogP contribution in [0.5, 0.6) is 0 Å². The maximum absolute atomic E-state index is 13.2. The fourth-order valence-electron chi connectivity index (χ4n) is 4.48. The Morgan fingerprint density at radius 3 is 2.38 bits per heavy atom. The number of fused-ring (bicyclic) bond motifs is 1. The Labute approximate surface area is 189 Å². The fraction of sp³-hybridized carbons (Fsp3) is 0.409. The van der Waals surface area contributed by atoms with Gasteiger partial charge in [0.2, 0.25) is 20.0 Å². The Kier molecular flexibility index (Phi) is 6.04. The number of nitrogens with zero attached hydrogens (tertiary/aromatic N) is 2. The molecule has 0 bridgehead atoms. The average Bonchev–Trinajstić information content (AvgIpc) is 3.09. The van der Waals surface area contributed by atoms with E-state index in [2.05, 4.69) is 5.32 Å². The van der Waals surface area contributed by atoms with Crippen molar-refractivity contribution in [2.75, 3.05) is 29.0 Å². The number of carbonyl (C=O) groups excluding carboxylic acids is 1. The second kappa shape index (κ2) is 8.49. The molecule has 1 N–H and O–H groups in total. The number of hydrogen-bond donors (Lipinski definition) is 1. The molecular formula is C22H27N3O5S2. The van der Waals surface area contributed by atoms with Crippen molar-refractivity contribution in [3.05, 3.63) is 53.6 Å². The van der Waals surface area contributed by atoms with E-state index in [9.17, 15) is 21.6 Å². The first-order valence-electron chi connectivity index (χ1n) is 10.6. The number of amides is 1. The van der Waals surface area contributed by atoms with Crippen molar-refractivity contribution in [3.8, 4) is 0 Å². The highest BCUT2D eigenvalue weighted by Gasteiger charge is 2.33. The number of benzene rings is 2. The van der Waals surface area contributed by atoms with Crippen molar-refractivity contribution in [1.29, 1.82) is 0 Å². The molecule has 10 heteroatoms. The molecule has 32 heavy (non-hydrogen) atoms. The lowest BCUT2D eigenvalue weighted by Crippen LogP contribution is -2.36.